The van der Waals surface area contributed by atoms with E-state index >= 15 is 0 Å². The molecule has 10 heteroatoms. The summed E-state index contributed by atoms with van der Waals surface area (Å²) in [6, 6.07) is 9.94. The molecule has 0 atom stereocenters. The number of benzene rings is 2. The van der Waals surface area contributed by atoms with Gasteiger partial charge in [0.15, 0.2) is 0 Å². The van der Waals surface area contributed by atoms with Crippen LogP contribution in [-0.2, 0) is 18.5 Å². The van der Waals surface area contributed by atoms with Crippen LogP contribution in [0.3, 0.4) is 0 Å². The Bertz CT molecular complexity index is 1190. The standard InChI is InChI=1S/C30H44N3O6Si/c1-8-37-40(38-9-2,39-10-3)18-12-17-32-27(34)23-14-11-13-22-25(16-15-24(26(22)23)28(32)35)31-21-19-29(4,5)33(36)30(6,7)20-21/h11,13-16,21,31H,8-10,12,17-20H2,1-7H3. The normalized spacial score (nSPS) is 19.4. The first-order valence-electron chi connectivity index (χ1n) is 14.5. The van der Waals surface area contributed by atoms with Gasteiger partial charge in [0.05, 0.1) is 0 Å². The zero-order valence-electron chi connectivity index (χ0n) is 25.0. The van der Waals surface area contributed by atoms with Crippen LogP contribution in [0.2, 0.25) is 6.04 Å². The van der Waals surface area contributed by atoms with E-state index in [1.54, 1.807) is 6.07 Å². The molecule has 2 aliphatic rings. The Morgan fingerprint density at radius 2 is 1.43 bits per heavy atom. The summed E-state index contributed by atoms with van der Waals surface area (Å²) in [4.78, 5) is 28.6. The van der Waals surface area contributed by atoms with E-state index in [4.69, 9.17) is 13.3 Å². The Morgan fingerprint density at radius 1 is 0.875 bits per heavy atom. The van der Waals surface area contributed by atoms with Gasteiger partial charge in [-0.05, 0) is 85.9 Å². The summed E-state index contributed by atoms with van der Waals surface area (Å²) in [6.45, 7) is 15.3. The lowest BCUT2D eigenvalue weighted by Gasteiger charge is -2.50. The number of nitrogens with one attached hydrogen (secondary N) is 1. The third kappa shape index (κ3) is 5.84. The minimum absolute atomic E-state index is 0.0733. The Labute approximate surface area is 239 Å². The average Bonchev–Trinajstić information content (AvgIpc) is 2.88. The number of amides is 2. The second-order valence-corrected chi connectivity index (χ2v) is 14.6. The summed E-state index contributed by atoms with van der Waals surface area (Å²) in [5.41, 5.74) is 0.894. The Morgan fingerprint density at radius 3 is 1.98 bits per heavy atom. The van der Waals surface area contributed by atoms with E-state index in [2.05, 4.69) is 5.32 Å². The molecule has 9 nitrogen and oxygen atoms in total. The van der Waals surface area contributed by atoms with Crippen LogP contribution in [0.4, 0.5) is 5.69 Å². The Balaban J connectivity index is 1.57. The van der Waals surface area contributed by atoms with Crippen LogP contribution < -0.4 is 5.32 Å². The molecule has 1 N–H and O–H groups in total. The third-order valence-electron chi connectivity index (χ3n) is 7.90. The topological polar surface area (TPSA) is 100 Å². The molecule has 1 radical (unpaired) electrons. The highest BCUT2D eigenvalue weighted by atomic mass is 28.4. The maximum Gasteiger partial charge on any atom is 0.500 e. The molecule has 2 aliphatic heterocycles. The molecule has 0 unspecified atom stereocenters. The zero-order chi connectivity index (χ0) is 29.3. The van der Waals surface area contributed by atoms with Gasteiger partial charge in [-0.1, -0.05) is 12.1 Å². The molecule has 0 aliphatic carbocycles. The van der Waals surface area contributed by atoms with E-state index in [1.165, 1.54) is 9.96 Å². The Hall–Kier alpha value is -2.34. The van der Waals surface area contributed by atoms with E-state index in [1.807, 2.05) is 72.7 Å². The fourth-order valence-electron chi connectivity index (χ4n) is 6.52. The second kappa shape index (κ2) is 11.9. The molecule has 0 spiro atoms. The van der Waals surface area contributed by atoms with Crippen LogP contribution in [0.15, 0.2) is 30.3 Å². The van der Waals surface area contributed by atoms with Gasteiger partial charge in [-0.2, -0.15) is 0 Å². The van der Waals surface area contributed by atoms with Crippen molar-refractivity contribution in [1.29, 1.82) is 0 Å². The van der Waals surface area contributed by atoms with Crippen LogP contribution in [0.1, 0.15) is 88.4 Å². The number of nitrogens with zero attached hydrogens (tertiary/aromatic N) is 2. The molecule has 0 bridgehead atoms. The predicted octanol–water partition coefficient (Wildman–Crippen LogP) is 5.65. The molecule has 0 aromatic heterocycles. The first kappa shape index (κ1) is 30.6. The van der Waals surface area contributed by atoms with Crippen molar-refractivity contribution in [3.63, 3.8) is 0 Å². The maximum atomic E-state index is 13.6. The molecule has 1 saturated heterocycles. The van der Waals surface area contributed by atoms with Gasteiger partial charge < -0.3 is 18.6 Å². The molecule has 219 valence electrons. The van der Waals surface area contributed by atoms with E-state index in [-0.39, 0.29) is 24.4 Å². The number of rotatable bonds is 12. The van der Waals surface area contributed by atoms with E-state index < -0.39 is 19.9 Å². The van der Waals surface area contributed by atoms with Crippen LogP contribution in [0, 0.1) is 0 Å². The minimum atomic E-state index is -2.88. The quantitative estimate of drug-likeness (QED) is 0.260. The van der Waals surface area contributed by atoms with Crippen molar-refractivity contribution >= 4 is 37.1 Å². The minimum Gasteiger partial charge on any atom is -0.382 e. The van der Waals surface area contributed by atoms with Gasteiger partial charge in [0.2, 0.25) is 0 Å². The van der Waals surface area contributed by atoms with Crippen molar-refractivity contribution in [2.75, 3.05) is 31.7 Å². The third-order valence-corrected chi connectivity index (χ3v) is 11.1. The average molecular weight is 571 g/mol. The van der Waals surface area contributed by atoms with Crippen molar-refractivity contribution < 1.29 is 28.1 Å². The lowest BCUT2D eigenvalue weighted by molar-refractivity contribution is -0.288. The smallest absolute Gasteiger partial charge is 0.382 e. The molecule has 4 rings (SSSR count). The number of carbonyl (C=O) groups is 2. The summed E-state index contributed by atoms with van der Waals surface area (Å²) in [5, 5.41) is 19.2. The van der Waals surface area contributed by atoms with Gasteiger partial charge in [0.25, 0.3) is 11.8 Å². The number of piperidine rings is 1. The fraction of sp³-hybridized carbons (Fsp3) is 0.600. The second-order valence-electron chi connectivity index (χ2n) is 11.9. The van der Waals surface area contributed by atoms with Crippen LogP contribution in [0.25, 0.3) is 10.8 Å². The van der Waals surface area contributed by atoms with Crippen molar-refractivity contribution in [1.82, 2.24) is 9.96 Å². The molecule has 2 heterocycles. The van der Waals surface area contributed by atoms with Crippen LogP contribution in [-0.4, -0.2) is 74.1 Å². The molecule has 2 amide bonds. The zero-order valence-corrected chi connectivity index (χ0v) is 26.0. The summed E-state index contributed by atoms with van der Waals surface area (Å²) in [7, 11) is -2.88. The van der Waals surface area contributed by atoms with Gasteiger partial charge >= 0.3 is 8.80 Å². The summed E-state index contributed by atoms with van der Waals surface area (Å²) in [5.74, 6) is -0.586. The SMILES string of the molecule is CCO[Si](CCCN1C(=O)c2cccc3c(NC4CC(C)(C)N([O])C(C)(C)C4)ccc(c23)C1=O)(OCC)OCC. The predicted molar refractivity (Wildman–Crippen MR) is 157 cm³/mol. The van der Waals surface area contributed by atoms with E-state index in [9.17, 15) is 14.8 Å². The lowest BCUT2D eigenvalue weighted by Crippen LogP contribution is -2.60. The number of hydroxylamine groups is 2. The van der Waals surface area contributed by atoms with Crippen LogP contribution >= 0.6 is 0 Å². The van der Waals surface area contributed by atoms with E-state index in [0.29, 0.717) is 61.6 Å². The summed E-state index contributed by atoms with van der Waals surface area (Å²) in [6.07, 6.45) is 1.90. The number of hydrogen-bond acceptors (Lipinski definition) is 7. The number of hydrogen-bond donors (Lipinski definition) is 1. The van der Waals surface area contributed by atoms with Gasteiger partial charge in [-0.15, -0.1) is 10.3 Å². The van der Waals surface area contributed by atoms with E-state index in [0.717, 1.165) is 11.1 Å². The van der Waals surface area contributed by atoms with Crippen molar-refractivity contribution in [2.45, 2.75) is 90.9 Å². The van der Waals surface area contributed by atoms with Gasteiger partial charge in [-0.3, -0.25) is 14.5 Å². The highest BCUT2D eigenvalue weighted by molar-refractivity contribution is 6.60. The largest absolute Gasteiger partial charge is 0.500 e. The van der Waals surface area contributed by atoms with Crippen molar-refractivity contribution in [3.8, 4) is 0 Å². The van der Waals surface area contributed by atoms with Gasteiger partial charge in [0.1, 0.15) is 0 Å². The molecular weight excluding hydrogens is 526 g/mol. The highest BCUT2D eigenvalue weighted by Gasteiger charge is 2.46. The number of anilines is 1. The molecule has 40 heavy (non-hydrogen) atoms. The molecule has 2 aromatic rings. The monoisotopic (exact) mass is 570 g/mol. The first-order chi connectivity index (χ1) is 18.9. The van der Waals surface area contributed by atoms with Crippen LogP contribution in [0.5, 0.6) is 0 Å². The summed E-state index contributed by atoms with van der Waals surface area (Å²) < 4.78 is 17.8. The highest BCUT2D eigenvalue weighted by Crippen LogP contribution is 2.40. The summed E-state index contributed by atoms with van der Waals surface area (Å²) >= 11 is 0. The van der Waals surface area contributed by atoms with Gasteiger partial charge in [-0.25, -0.2) is 0 Å². The number of imide groups is 1. The van der Waals surface area contributed by atoms with Crippen molar-refractivity contribution in [3.05, 3.63) is 41.5 Å². The molecular formula is C30H44N3O6Si. The van der Waals surface area contributed by atoms with Crippen molar-refractivity contribution in [2.24, 2.45) is 0 Å². The van der Waals surface area contributed by atoms with Gasteiger partial charge in [0, 0.05) is 77.1 Å². The molecule has 2 aromatic carbocycles. The maximum absolute atomic E-state index is 13.6. The lowest BCUT2D eigenvalue weighted by atomic mass is 9.79. The Kier molecular flexibility index (Phi) is 9.09. The molecule has 0 saturated carbocycles. The number of carbonyl (C=O) groups excluding carboxylic acids is 2. The first-order valence-corrected chi connectivity index (χ1v) is 16.4. The fourth-order valence-corrected chi connectivity index (χ4v) is 9.11. The molecule has 1 fully saturated rings.